The van der Waals surface area contributed by atoms with Crippen molar-refractivity contribution in [3.8, 4) is 0 Å². The zero-order valence-electron chi connectivity index (χ0n) is 16.6. The van der Waals surface area contributed by atoms with E-state index in [1.165, 1.54) is 11.1 Å². The van der Waals surface area contributed by atoms with Crippen LogP contribution in [0.5, 0.6) is 0 Å². The number of aliphatic carboxylic acids is 1. The zero-order valence-corrected chi connectivity index (χ0v) is 17.6. The molecule has 1 unspecified atom stereocenters. The fourth-order valence-electron chi connectivity index (χ4n) is 4.59. The van der Waals surface area contributed by atoms with Crippen molar-refractivity contribution in [2.24, 2.45) is 5.41 Å². The zero-order chi connectivity index (χ0) is 19.6. The van der Waals surface area contributed by atoms with E-state index in [2.05, 4.69) is 58.1 Å². The van der Waals surface area contributed by atoms with Gasteiger partial charge in [-0.2, -0.15) is 0 Å². The number of hydrogen-bond acceptors (Lipinski definition) is 2. The summed E-state index contributed by atoms with van der Waals surface area (Å²) in [5.74, 6) is -0.922. The van der Waals surface area contributed by atoms with Crippen molar-refractivity contribution >= 4 is 14.3 Å². The summed E-state index contributed by atoms with van der Waals surface area (Å²) in [4.78, 5) is 11.5. The highest BCUT2D eigenvalue weighted by atomic mass is 28.4. The average molecular weight is 371 g/mol. The summed E-state index contributed by atoms with van der Waals surface area (Å²) in [6.07, 6.45) is -0.842. The van der Waals surface area contributed by atoms with Crippen molar-refractivity contribution in [1.82, 2.24) is 0 Å². The second kappa shape index (κ2) is 7.37. The summed E-state index contributed by atoms with van der Waals surface area (Å²) in [5.41, 5.74) is 2.17. The van der Waals surface area contributed by atoms with Crippen LogP contribution in [0.15, 0.2) is 60.7 Å². The summed E-state index contributed by atoms with van der Waals surface area (Å²) in [6.45, 7) is 12.6. The number of carboxylic acids is 1. The van der Waals surface area contributed by atoms with E-state index in [0.29, 0.717) is 0 Å². The summed E-state index contributed by atoms with van der Waals surface area (Å²) >= 11 is 0. The van der Waals surface area contributed by atoms with E-state index in [9.17, 15) is 9.90 Å². The van der Waals surface area contributed by atoms with Crippen molar-refractivity contribution < 1.29 is 14.3 Å². The molecule has 1 atom stereocenters. The molecular formula is C22H30O3Si. The van der Waals surface area contributed by atoms with Gasteiger partial charge in [0.05, 0.1) is 0 Å². The number of benzene rings is 2. The molecule has 0 saturated heterocycles. The predicted molar refractivity (Wildman–Crippen MR) is 109 cm³/mol. The first-order valence-corrected chi connectivity index (χ1v) is 12.0. The van der Waals surface area contributed by atoms with Gasteiger partial charge in [0.1, 0.15) is 6.10 Å². The molecule has 1 N–H and O–H groups in total. The van der Waals surface area contributed by atoms with Crippen LogP contribution in [0.2, 0.25) is 13.1 Å². The molecule has 4 heteroatoms. The van der Waals surface area contributed by atoms with Crippen LogP contribution in [0.25, 0.3) is 0 Å². The summed E-state index contributed by atoms with van der Waals surface area (Å²) in [7, 11) is -2.61. The van der Waals surface area contributed by atoms with Gasteiger partial charge in [-0.3, -0.25) is 0 Å². The highest BCUT2D eigenvalue weighted by Crippen LogP contribution is 2.53. The first-order chi connectivity index (χ1) is 12.0. The molecule has 2 aromatic rings. The van der Waals surface area contributed by atoms with Gasteiger partial charge < -0.3 is 9.53 Å². The van der Waals surface area contributed by atoms with E-state index in [1.54, 1.807) is 6.92 Å². The lowest BCUT2D eigenvalue weighted by Crippen LogP contribution is -2.63. The minimum Gasteiger partial charge on any atom is -0.479 e. The largest absolute Gasteiger partial charge is 0.479 e. The van der Waals surface area contributed by atoms with Crippen LogP contribution in [0.1, 0.15) is 38.8 Å². The van der Waals surface area contributed by atoms with Crippen molar-refractivity contribution in [3.05, 3.63) is 71.8 Å². The van der Waals surface area contributed by atoms with Gasteiger partial charge in [-0.1, -0.05) is 81.4 Å². The average Bonchev–Trinajstić information content (AvgIpc) is 2.55. The van der Waals surface area contributed by atoms with Gasteiger partial charge in [0.25, 0.3) is 0 Å². The Morgan fingerprint density at radius 2 is 1.31 bits per heavy atom. The Balaban J connectivity index is 2.82. The van der Waals surface area contributed by atoms with Gasteiger partial charge in [0.2, 0.25) is 8.32 Å². The molecule has 0 heterocycles. The Hall–Kier alpha value is -1.91. The Morgan fingerprint density at radius 3 is 1.62 bits per heavy atom. The monoisotopic (exact) mass is 370 g/mol. The van der Waals surface area contributed by atoms with E-state index < -0.39 is 25.4 Å². The topological polar surface area (TPSA) is 46.5 Å². The second-order valence-corrected chi connectivity index (χ2v) is 12.3. The maximum Gasteiger partial charge on any atom is 0.331 e. The van der Waals surface area contributed by atoms with Crippen LogP contribution in [0.4, 0.5) is 0 Å². The van der Waals surface area contributed by atoms with E-state index in [0.717, 1.165) is 0 Å². The molecule has 0 radical (unpaired) electrons. The molecule has 0 fully saturated rings. The molecule has 0 spiro atoms. The molecule has 2 aromatic carbocycles. The summed E-state index contributed by atoms with van der Waals surface area (Å²) in [5, 5.41) is 9.04. The van der Waals surface area contributed by atoms with Gasteiger partial charge in [-0.05, 0) is 36.6 Å². The molecule has 140 valence electrons. The third kappa shape index (κ3) is 3.48. The van der Waals surface area contributed by atoms with Crippen LogP contribution in [-0.2, 0) is 14.3 Å². The molecule has 2 rings (SSSR count). The van der Waals surface area contributed by atoms with Gasteiger partial charge in [0.15, 0.2) is 0 Å². The van der Waals surface area contributed by atoms with Crippen molar-refractivity contribution in [3.63, 3.8) is 0 Å². The van der Waals surface area contributed by atoms with Gasteiger partial charge in [-0.25, -0.2) is 4.79 Å². The number of rotatable bonds is 6. The maximum absolute atomic E-state index is 11.5. The van der Waals surface area contributed by atoms with Crippen LogP contribution in [-0.4, -0.2) is 25.5 Å². The molecule has 0 aliphatic rings. The Labute approximate surface area is 158 Å². The molecule has 0 saturated carbocycles. The standard InChI is InChI=1S/C22H30O3Si/c1-17(20(23)24)25-26(5,6)22(21(2,3)4,18-13-9-7-10-14-18)19-15-11-8-12-16-19/h7-17H,1-6H3,(H,23,24). The second-order valence-electron chi connectivity index (χ2n) is 8.34. The molecule has 0 aliphatic heterocycles. The molecule has 0 aliphatic carbocycles. The molecule has 26 heavy (non-hydrogen) atoms. The smallest absolute Gasteiger partial charge is 0.331 e. The van der Waals surface area contributed by atoms with E-state index in [4.69, 9.17) is 4.43 Å². The first kappa shape index (κ1) is 20.4. The molecule has 0 amide bonds. The van der Waals surface area contributed by atoms with Gasteiger partial charge in [0, 0.05) is 5.04 Å². The van der Waals surface area contributed by atoms with Crippen LogP contribution < -0.4 is 0 Å². The molecule has 0 aromatic heterocycles. The number of carboxylic acid groups (broad SMARTS) is 1. The van der Waals surface area contributed by atoms with Gasteiger partial charge in [-0.15, -0.1) is 0 Å². The SMILES string of the molecule is CC(O[Si](C)(C)C(c1ccccc1)(c1ccccc1)C(C)(C)C)C(=O)O. The van der Waals surface area contributed by atoms with E-state index in [1.807, 2.05) is 36.4 Å². The van der Waals surface area contributed by atoms with Crippen LogP contribution >= 0.6 is 0 Å². The molecule has 0 bridgehead atoms. The van der Waals surface area contributed by atoms with Crippen molar-refractivity contribution in [1.29, 1.82) is 0 Å². The highest BCUT2D eigenvalue weighted by Gasteiger charge is 2.58. The lowest BCUT2D eigenvalue weighted by molar-refractivity contribution is -0.144. The maximum atomic E-state index is 11.5. The normalized spacial score (nSPS) is 14.1. The third-order valence-corrected chi connectivity index (χ3v) is 9.34. The highest BCUT2D eigenvalue weighted by molar-refractivity contribution is 6.75. The molecular weight excluding hydrogens is 340 g/mol. The van der Waals surface area contributed by atoms with E-state index >= 15 is 0 Å². The number of carbonyl (C=O) groups is 1. The van der Waals surface area contributed by atoms with Crippen LogP contribution in [0.3, 0.4) is 0 Å². The minimum absolute atomic E-state index is 0.177. The minimum atomic E-state index is -2.61. The Bertz CT molecular complexity index is 693. The van der Waals surface area contributed by atoms with Crippen LogP contribution in [0, 0.1) is 5.41 Å². The predicted octanol–water partition coefficient (Wildman–Crippen LogP) is 5.25. The fraction of sp³-hybridized carbons (Fsp3) is 0.409. The molecule has 3 nitrogen and oxygen atoms in total. The fourth-order valence-corrected chi connectivity index (χ4v) is 9.28. The van der Waals surface area contributed by atoms with E-state index in [-0.39, 0.29) is 5.41 Å². The van der Waals surface area contributed by atoms with Gasteiger partial charge >= 0.3 is 5.97 Å². The Morgan fingerprint density at radius 1 is 0.923 bits per heavy atom. The van der Waals surface area contributed by atoms with Crippen molar-refractivity contribution in [2.75, 3.05) is 0 Å². The Kier molecular flexibility index (Phi) is 5.78. The van der Waals surface area contributed by atoms with Crippen molar-refractivity contribution in [2.45, 2.75) is 51.9 Å². The number of hydrogen-bond donors (Lipinski definition) is 1. The first-order valence-electron chi connectivity index (χ1n) is 9.05. The lowest BCUT2D eigenvalue weighted by Gasteiger charge is -2.54. The lowest BCUT2D eigenvalue weighted by atomic mass is 9.71. The quantitative estimate of drug-likeness (QED) is 0.706. The summed E-state index contributed by atoms with van der Waals surface area (Å²) < 4.78 is 6.34. The third-order valence-electron chi connectivity index (χ3n) is 5.26. The summed E-state index contributed by atoms with van der Waals surface area (Å²) in [6, 6.07) is 20.8.